The van der Waals surface area contributed by atoms with Crippen LogP contribution in [-0.4, -0.2) is 11.4 Å². The van der Waals surface area contributed by atoms with Crippen molar-refractivity contribution in [1.29, 1.82) is 0 Å². The zero-order chi connectivity index (χ0) is 11.8. The van der Waals surface area contributed by atoms with Crippen molar-refractivity contribution in [2.45, 2.75) is 25.3 Å². The first-order chi connectivity index (χ1) is 8.29. The number of amides is 1. The number of hydrogen-bond acceptors (Lipinski definition) is 1. The summed E-state index contributed by atoms with van der Waals surface area (Å²) in [6, 6.07) is 6.40. The number of carbonyl (C=O) groups excluding carboxylic acids is 1. The molecule has 17 heavy (non-hydrogen) atoms. The third kappa shape index (κ3) is 1.76. The highest BCUT2D eigenvalue weighted by atomic mass is 79.9. The van der Waals surface area contributed by atoms with Crippen LogP contribution in [0.5, 0.6) is 0 Å². The van der Waals surface area contributed by atoms with Crippen LogP contribution in [0.3, 0.4) is 0 Å². The summed E-state index contributed by atoms with van der Waals surface area (Å²) in [6.45, 7) is 0. The Morgan fingerprint density at radius 2 is 2.35 bits per heavy atom. The number of rotatable bonds is 2. The zero-order valence-electron chi connectivity index (χ0n) is 9.29. The van der Waals surface area contributed by atoms with Crippen LogP contribution >= 0.6 is 15.9 Å². The first-order valence-electron chi connectivity index (χ1n) is 5.79. The molecule has 1 atom stereocenters. The van der Waals surface area contributed by atoms with E-state index in [0.717, 1.165) is 35.7 Å². The van der Waals surface area contributed by atoms with Gasteiger partial charge in [-0.2, -0.15) is 0 Å². The molecule has 1 aliphatic rings. The molecule has 0 unspecified atom stereocenters. The average Bonchev–Trinajstić information content (AvgIpc) is 2.69. The Balaban J connectivity index is 2.18. The Morgan fingerprint density at radius 1 is 1.47 bits per heavy atom. The van der Waals surface area contributed by atoms with Crippen molar-refractivity contribution in [2.75, 3.05) is 0 Å². The molecule has 0 spiro atoms. The van der Waals surface area contributed by atoms with Crippen LogP contribution in [0, 0.1) is 0 Å². The molecule has 1 aromatic carbocycles. The summed E-state index contributed by atoms with van der Waals surface area (Å²) in [5, 5.41) is 4.16. The maximum atomic E-state index is 10.6. The van der Waals surface area contributed by atoms with Crippen LogP contribution in [0.15, 0.2) is 22.7 Å². The lowest BCUT2D eigenvalue weighted by atomic mass is 9.92. The van der Waals surface area contributed by atoms with E-state index < -0.39 is 0 Å². The van der Waals surface area contributed by atoms with Crippen LogP contribution in [0.1, 0.15) is 30.1 Å². The van der Waals surface area contributed by atoms with Crippen molar-refractivity contribution in [3.63, 3.8) is 0 Å². The van der Waals surface area contributed by atoms with Crippen molar-refractivity contribution in [1.82, 2.24) is 10.3 Å². The van der Waals surface area contributed by atoms with E-state index in [1.165, 1.54) is 16.6 Å². The van der Waals surface area contributed by atoms with Crippen molar-refractivity contribution in [3.8, 4) is 0 Å². The summed E-state index contributed by atoms with van der Waals surface area (Å²) in [6.07, 6.45) is 4.02. The van der Waals surface area contributed by atoms with Gasteiger partial charge in [-0.15, -0.1) is 0 Å². The van der Waals surface area contributed by atoms with Gasteiger partial charge in [0.15, 0.2) is 0 Å². The maximum absolute atomic E-state index is 10.6. The average molecular weight is 293 g/mol. The second-order valence-corrected chi connectivity index (χ2v) is 5.35. The van der Waals surface area contributed by atoms with Gasteiger partial charge in [-0.05, 0) is 43.0 Å². The first kappa shape index (κ1) is 10.8. The second-order valence-electron chi connectivity index (χ2n) is 4.44. The molecule has 0 fully saturated rings. The van der Waals surface area contributed by atoms with E-state index in [1.807, 2.05) is 6.07 Å². The molecular formula is C13H13BrN2O. The highest BCUT2D eigenvalue weighted by Crippen LogP contribution is 2.35. The van der Waals surface area contributed by atoms with Crippen LogP contribution in [0.25, 0.3) is 10.9 Å². The molecule has 0 saturated carbocycles. The highest BCUT2D eigenvalue weighted by molar-refractivity contribution is 9.10. The van der Waals surface area contributed by atoms with Crippen molar-refractivity contribution >= 4 is 33.2 Å². The van der Waals surface area contributed by atoms with E-state index >= 15 is 0 Å². The van der Waals surface area contributed by atoms with Crippen LogP contribution in [-0.2, 0) is 11.2 Å². The molecule has 1 aromatic heterocycles. The Labute approximate surface area is 108 Å². The summed E-state index contributed by atoms with van der Waals surface area (Å²) in [5.41, 5.74) is 3.68. The van der Waals surface area contributed by atoms with Gasteiger partial charge >= 0.3 is 0 Å². The minimum Gasteiger partial charge on any atom is -0.356 e. The van der Waals surface area contributed by atoms with Crippen molar-refractivity contribution < 1.29 is 4.79 Å². The Bertz CT molecular complexity index is 576. The van der Waals surface area contributed by atoms with E-state index in [9.17, 15) is 4.79 Å². The molecular weight excluding hydrogens is 280 g/mol. The lowest BCUT2D eigenvalue weighted by Crippen LogP contribution is -2.23. The predicted octanol–water partition coefficient (Wildman–Crippen LogP) is 3.05. The van der Waals surface area contributed by atoms with Crippen LogP contribution in [0.4, 0.5) is 0 Å². The standard InChI is InChI=1S/C13H13BrN2O/c14-8-4-5-11-10(6-8)9-2-1-3-12(15-7-17)13(9)16-11/h4-7,12,16H,1-3H2,(H,15,17)/t12-/m1/s1. The number of H-pyrrole nitrogens is 1. The summed E-state index contributed by atoms with van der Waals surface area (Å²) < 4.78 is 1.09. The molecule has 2 aromatic rings. The van der Waals surface area contributed by atoms with Gasteiger partial charge in [0.2, 0.25) is 6.41 Å². The number of benzene rings is 1. The van der Waals surface area contributed by atoms with E-state index in [-0.39, 0.29) is 6.04 Å². The molecule has 3 nitrogen and oxygen atoms in total. The maximum Gasteiger partial charge on any atom is 0.207 e. The number of aromatic amines is 1. The summed E-state index contributed by atoms with van der Waals surface area (Å²) >= 11 is 3.51. The quantitative estimate of drug-likeness (QED) is 0.821. The molecule has 1 aliphatic carbocycles. The van der Waals surface area contributed by atoms with Gasteiger partial charge in [0, 0.05) is 21.1 Å². The number of aromatic nitrogens is 1. The van der Waals surface area contributed by atoms with Gasteiger partial charge < -0.3 is 10.3 Å². The van der Waals surface area contributed by atoms with E-state index in [0.29, 0.717) is 0 Å². The number of nitrogens with one attached hydrogen (secondary N) is 2. The fraction of sp³-hybridized carbons (Fsp3) is 0.308. The molecule has 0 saturated heterocycles. The zero-order valence-corrected chi connectivity index (χ0v) is 10.9. The minimum atomic E-state index is 0.141. The van der Waals surface area contributed by atoms with E-state index in [2.05, 4.69) is 38.4 Å². The predicted molar refractivity (Wildman–Crippen MR) is 70.9 cm³/mol. The van der Waals surface area contributed by atoms with Gasteiger partial charge in [0.25, 0.3) is 0 Å². The second kappa shape index (κ2) is 4.18. The molecule has 0 radical (unpaired) electrons. The molecule has 2 N–H and O–H groups in total. The number of halogens is 1. The molecule has 0 bridgehead atoms. The molecule has 3 rings (SSSR count). The number of aryl methyl sites for hydroxylation is 1. The Morgan fingerprint density at radius 3 is 3.18 bits per heavy atom. The smallest absolute Gasteiger partial charge is 0.207 e. The fourth-order valence-corrected chi connectivity index (χ4v) is 3.04. The van der Waals surface area contributed by atoms with Gasteiger partial charge in [-0.25, -0.2) is 0 Å². The molecule has 1 amide bonds. The summed E-state index contributed by atoms with van der Waals surface area (Å²) in [5.74, 6) is 0. The molecule has 88 valence electrons. The lowest BCUT2D eigenvalue weighted by Gasteiger charge is -2.21. The van der Waals surface area contributed by atoms with Gasteiger partial charge in [-0.3, -0.25) is 4.79 Å². The first-order valence-corrected chi connectivity index (χ1v) is 6.58. The normalized spacial score (nSPS) is 19.0. The lowest BCUT2D eigenvalue weighted by molar-refractivity contribution is -0.110. The van der Waals surface area contributed by atoms with E-state index in [4.69, 9.17) is 0 Å². The van der Waals surface area contributed by atoms with Gasteiger partial charge in [-0.1, -0.05) is 15.9 Å². The largest absolute Gasteiger partial charge is 0.356 e. The fourth-order valence-electron chi connectivity index (χ4n) is 2.68. The van der Waals surface area contributed by atoms with Crippen LogP contribution in [0.2, 0.25) is 0 Å². The number of fused-ring (bicyclic) bond motifs is 3. The Hall–Kier alpha value is -1.29. The van der Waals surface area contributed by atoms with Crippen LogP contribution < -0.4 is 5.32 Å². The summed E-state index contributed by atoms with van der Waals surface area (Å²) in [7, 11) is 0. The third-order valence-electron chi connectivity index (χ3n) is 3.44. The highest BCUT2D eigenvalue weighted by Gasteiger charge is 2.23. The molecule has 4 heteroatoms. The molecule has 1 heterocycles. The third-order valence-corrected chi connectivity index (χ3v) is 3.93. The van der Waals surface area contributed by atoms with Gasteiger partial charge in [0.1, 0.15) is 0 Å². The monoisotopic (exact) mass is 292 g/mol. The van der Waals surface area contributed by atoms with Crippen molar-refractivity contribution in [3.05, 3.63) is 33.9 Å². The van der Waals surface area contributed by atoms with Crippen molar-refractivity contribution in [2.24, 2.45) is 0 Å². The number of carbonyl (C=O) groups is 1. The Kier molecular flexibility index (Phi) is 2.67. The minimum absolute atomic E-state index is 0.141. The van der Waals surface area contributed by atoms with Gasteiger partial charge in [0.05, 0.1) is 6.04 Å². The number of hydrogen-bond donors (Lipinski definition) is 2. The summed E-state index contributed by atoms with van der Waals surface area (Å²) in [4.78, 5) is 14.1. The van der Waals surface area contributed by atoms with E-state index in [1.54, 1.807) is 0 Å². The topological polar surface area (TPSA) is 44.9 Å². The molecule has 0 aliphatic heterocycles. The SMILES string of the molecule is O=CN[C@@H]1CCCc2c1[nH]c1ccc(Br)cc21.